The summed E-state index contributed by atoms with van der Waals surface area (Å²) < 4.78 is 0. The first-order valence-corrected chi connectivity index (χ1v) is 11.0. The van der Waals surface area contributed by atoms with Crippen LogP contribution in [0, 0.1) is 0 Å². The van der Waals surface area contributed by atoms with E-state index in [1.54, 1.807) is 42.6 Å². The van der Waals surface area contributed by atoms with Crippen molar-refractivity contribution in [2.45, 2.75) is 19.3 Å². The minimum Gasteiger partial charge on any atom is -0.370 e. The summed E-state index contributed by atoms with van der Waals surface area (Å²) >= 11 is 7.53. The maximum atomic E-state index is 12.7. The van der Waals surface area contributed by atoms with Gasteiger partial charge >= 0.3 is 0 Å². The molecule has 154 valence electrons. The molecule has 3 aromatic rings. The molecule has 1 aliphatic heterocycles. The number of carbonyl (C=O) groups excluding carboxylic acids is 2. The van der Waals surface area contributed by atoms with Crippen LogP contribution in [-0.4, -0.2) is 29.9 Å². The molecule has 0 spiro atoms. The van der Waals surface area contributed by atoms with Crippen LogP contribution in [0.1, 0.15) is 39.3 Å². The number of aromatic nitrogens is 1. The average Bonchev–Trinajstić information content (AvgIpc) is 3.31. The summed E-state index contributed by atoms with van der Waals surface area (Å²) in [5, 5.41) is 7.73. The molecule has 1 saturated heterocycles. The lowest BCUT2D eigenvalue weighted by Crippen LogP contribution is -2.29. The molecule has 0 aliphatic carbocycles. The van der Waals surface area contributed by atoms with Gasteiger partial charge in [-0.25, -0.2) is 4.98 Å². The average molecular weight is 441 g/mol. The molecular formula is C22H21ClN4O2S. The van der Waals surface area contributed by atoms with Crippen molar-refractivity contribution in [3.8, 4) is 0 Å². The van der Waals surface area contributed by atoms with Crippen LogP contribution in [0.2, 0.25) is 5.02 Å². The molecule has 6 nitrogen and oxygen atoms in total. The van der Waals surface area contributed by atoms with Crippen LogP contribution in [0.4, 0.5) is 17.2 Å². The predicted molar refractivity (Wildman–Crippen MR) is 122 cm³/mol. The van der Waals surface area contributed by atoms with E-state index in [0.717, 1.165) is 18.8 Å². The van der Waals surface area contributed by atoms with Crippen molar-refractivity contribution < 1.29 is 9.59 Å². The largest absolute Gasteiger partial charge is 0.370 e. The summed E-state index contributed by atoms with van der Waals surface area (Å²) in [6.07, 6.45) is 5.45. The lowest BCUT2D eigenvalue weighted by Gasteiger charge is -2.28. The van der Waals surface area contributed by atoms with Gasteiger partial charge in [0.25, 0.3) is 11.8 Å². The Labute approximate surface area is 183 Å². The topological polar surface area (TPSA) is 74.3 Å². The molecule has 0 radical (unpaired) electrons. The number of rotatable bonds is 5. The van der Waals surface area contributed by atoms with Gasteiger partial charge in [0.05, 0.1) is 27.5 Å². The lowest BCUT2D eigenvalue weighted by molar-refractivity contribution is 0.101. The van der Waals surface area contributed by atoms with Gasteiger partial charge in [0.1, 0.15) is 5.82 Å². The van der Waals surface area contributed by atoms with E-state index in [1.165, 1.54) is 30.6 Å². The first-order chi connectivity index (χ1) is 14.6. The van der Waals surface area contributed by atoms with Crippen molar-refractivity contribution in [3.05, 3.63) is 69.5 Å². The number of benzene rings is 1. The Morgan fingerprint density at radius 1 is 1.00 bits per heavy atom. The van der Waals surface area contributed by atoms with Crippen molar-refractivity contribution in [2.24, 2.45) is 0 Å². The third-order valence-electron chi connectivity index (χ3n) is 4.93. The molecule has 3 heterocycles. The second kappa shape index (κ2) is 9.28. The fraction of sp³-hybridized carbons (Fsp3) is 0.227. The molecule has 1 fully saturated rings. The standard InChI is InChI=1S/C22H21ClN4O2S/c23-17-8-6-15(13-18(17)25-22(29)19-5-4-12-30-19)21(28)26-20-9-7-16(14-24-20)27-10-2-1-3-11-27/h4-9,12-14H,1-3,10-11H2,(H,25,29)(H,24,26,28). The molecule has 2 amide bonds. The zero-order valence-electron chi connectivity index (χ0n) is 16.2. The first kappa shape index (κ1) is 20.4. The Hall–Kier alpha value is -2.90. The molecule has 2 aromatic heterocycles. The second-order valence-electron chi connectivity index (χ2n) is 7.03. The van der Waals surface area contributed by atoms with Crippen LogP contribution >= 0.6 is 22.9 Å². The molecule has 0 unspecified atom stereocenters. The van der Waals surface area contributed by atoms with Gasteiger partial charge in [-0.2, -0.15) is 0 Å². The SMILES string of the molecule is O=C(Nc1ccc(N2CCCCC2)cn1)c1ccc(Cl)c(NC(=O)c2cccs2)c1. The number of pyridine rings is 1. The first-order valence-electron chi connectivity index (χ1n) is 9.77. The minimum atomic E-state index is -0.323. The summed E-state index contributed by atoms with van der Waals surface area (Å²) in [5.74, 6) is -0.115. The van der Waals surface area contributed by atoms with E-state index in [-0.39, 0.29) is 11.8 Å². The van der Waals surface area contributed by atoms with Crippen LogP contribution < -0.4 is 15.5 Å². The van der Waals surface area contributed by atoms with Gasteiger partial charge in [-0.15, -0.1) is 11.3 Å². The molecule has 1 aliphatic rings. The molecule has 8 heteroatoms. The fourth-order valence-corrected chi connectivity index (χ4v) is 4.13. The van der Waals surface area contributed by atoms with Gasteiger partial charge in [-0.3, -0.25) is 9.59 Å². The highest BCUT2D eigenvalue weighted by Gasteiger charge is 2.15. The van der Waals surface area contributed by atoms with Crippen LogP contribution in [0.15, 0.2) is 54.0 Å². The fourth-order valence-electron chi connectivity index (χ4n) is 3.34. The van der Waals surface area contributed by atoms with Crippen LogP contribution in [0.25, 0.3) is 0 Å². The predicted octanol–water partition coefficient (Wildman–Crippen LogP) is 5.29. The summed E-state index contributed by atoms with van der Waals surface area (Å²) in [4.78, 5) is 32.2. The lowest BCUT2D eigenvalue weighted by atomic mass is 10.1. The second-order valence-corrected chi connectivity index (χ2v) is 8.38. The van der Waals surface area contributed by atoms with Crippen molar-refractivity contribution in [1.29, 1.82) is 0 Å². The van der Waals surface area contributed by atoms with Gasteiger partial charge in [0.2, 0.25) is 0 Å². The van der Waals surface area contributed by atoms with E-state index in [4.69, 9.17) is 11.6 Å². The molecular weight excluding hydrogens is 420 g/mol. The van der Waals surface area contributed by atoms with Crippen LogP contribution in [0.5, 0.6) is 0 Å². The number of hydrogen-bond donors (Lipinski definition) is 2. The summed E-state index contributed by atoms with van der Waals surface area (Å²) in [5.41, 5.74) is 1.83. The number of anilines is 3. The number of carbonyl (C=O) groups is 2. The maximum Gasteiger partial charge on any atom is 0.265 e. The molecule has 0 bridgehead atoms. The van der Waals surface area contributed by atoms with Gasteiger partial charge in [-0.1, -0.05) is 17.7 Å². The molecule has 1 aromatic carbocycles. The number of nitrogens with one attached hydrogen (secondary N) is 2. The highest BCUT2D eigenvalue weighted by atomic mass is 35.5. The number of thiophene rings is 1. The van der Waals surface area contributed by atoms with Crippen molar-refractivity contribution in [2.75, 3.05) is 28.6 Å². The highest BCUT2D eigenvalue weighted by Crippen LogP contribution is 2.25. The number of piperidine rings is 1. The summed E-state index contributed by atoms with van der Waals surface area (Å²) in [6.45, 7) is 2.08. The monoisotopic (exact) mass is 440 g/mol. The Balaban J connectivity index is 1.43. The van der Waals surface area contributed by atoms with E-state index in [2.05, 4.69) is 20.5 Å². The zero-order chi connectivity index (χ0) is 20.9. The molecule has 0 saturated carbocycles. The van der Waals surface area contributed by atoms with Crippen LogP contribution in [0.3, 0.4) is 0 Å². The normalized spacial score (nSPS) is 13.7. The number of halogens is 1. The zero-order valence-corrected chi connectivity index (χ0v) is 17.8. The smallest absolute Gasteiger partial charge is 0.265 e. The van der Waals surface area contributed by atoms with Crippen molar-refractivity contribution >= 4 is 51.9 Å². The summed E-state index contributed by atoms with van der Waals surface area (Å²) in [7, 11) is 0. The maximum absolute atomic E-state index is 12.7. The third kappa shape index (κ3) is 4.80. The Bertz CT molecular complexity index is 1030. The molecule has 4 rings (SSSR count). The third-order valence-corrected chi connectivity index (χ3v) is 6.13. The summed E-state index contributed by atoms with van der Waals surface area (Å²) in [6, 6.07) is 12.1. The Morgan fingerprint density at radius 3 is 2.53 bits per heavy atom. The van der Waals surface area contributed by atoms with Gasteiger partial charge in [-0.05, 0) is 61.0 Å². The van der Waals surface area contributed by atoms with Gasteiger partial charge < -0.3 is 15.5 Å². The van der Waals surface area contributed by atoms with Crippen molar-refractivity contribution in [3.63, 3.8) is 0 Å². The van der Waals surface area contributed by atoms with E-state index in [9.17, 15) is 9.59 Å². The molecule has 30 heavy (non-hydrogen) atoms. The van der Waals surface area contributed by atoms with E-state index in [0.29, 0.717) is 27.0 Å². The van der Waals surface area contributed by atoms with Crippen molar-refractivity contribution in [1.82, 2.24) is 4.98 Å². The van der Waals surface area contributed by atoms with E-state index < -0.39 is 0 Å². The van der Waals surface area contributed by atoms with E-state index >= 15 is 0 Å². The number of nitrogens with zero attached hydrogens (tertiary/aromatic N) is 2. The van der Waals surface area contributed by atoms with Crippen LogP contribution in [-0.2, 0) is 0 Å². The highest BCUT2D eigenvalue weighted by molar-refractivity contribution is 7.12. The number of amides is 2. The molecule has 2 N–H and O–H groups in total. The Morgan fingerprint density at radius 2 is 1.83 bits per heavy atom. The van der Waals surface area contributed by atoms with Gasteiger partial charge in [0.15, 0.2) is 0 Å². The number of hydrogen-bond acceptors (Lipinski definition) is 5. The van der Waals surface area contributed by atoms with E-state index in [1.807, 2.05) is 11.4 Å². The Kier molecular flexibility index (Phi) is 6.30. The minimum absolute atomic E-state index is 0.264. The quantitative estimate of drug-likeness (QED) is 0.565. The van der Waals surface area contributed by atoms with Gasteiger partial charge in [0, 0.05) is 18.7 Å². The molecule has 0 atom stereocenters.